The molecular formula is C22H25N3O3S. The standard InChI is InChI=1S/C22H25N3O3S/c26-21(19-13-17-4-9-23-14-20(17)29-19)24-8-2-1-3-16-5-10-25(11-6-16)22(27)18-7-12-28-15-18/h4,7,9,12-16H,1-3,5-6,8,10-11H2,(H,24,26). The van der Waals surface area contributed by atoms with Gasteiger partial charge in [-0.2, -0.15) is 0 Å². The molecule has 0 saturated carbocycles. The largest absolute Gasteiger partial charge is 0.472 e. The maximum atomic E-state index is 12.3. The van der Waals surface area contributed by atoms with Gasteiger partial charge in [0, 0.05) is 32.0 Å². The fourth-order valence-electron chi connectivity index (χ4n) is 3.84. The summed E-state index contributed by atoms with van der Waals surface area (Å²) >= 11 is 1.48. The molecule has 4 heterocycles. The molecular weight excluding hydrogens is 386 g/mol. The summed E-state index contributed by atoms with van der Waals surface area (Å²) in [7, 11) is 0. The Morgan fingerprint density at radius 2 is 2.10 bits per heavy atom. The number of furan rings is 1. The number of hydrogen-bond acceptors (Lipinski definition) is 5. The van der Waals surface area contributed by atoms with Gasteiger partial charge in [0.05, 0.1) is 21.4 Å². The Labute approximate surface area is 173 Å². The number of nitrogens with one attached hydrogen (secondary N) is 1. The third-order valence-electron chi connectivity index (χ3n) is 5.54. The molecule has 1 saturated heterocycles. The number of carbonyl (C=O) groups is 2. The highest BCUT2D eigenvalue weighted by molar-refractivity contribution is 7.20. The molecule has 6 nitrogen and oxygen atoms in total. The van der Waals surface area contributed by atoms with Gasteiger partial charge in [0.1, 0.15) is 6.26 Å². The monoisotopic (exact) mass is 411 g/mol. The van der Waals surface area contributed by atoms with Crippen LogP contribution in [0.1, 0.15) is 52.1 Å². The summed E-state index contributed by atoms with van der Waals surface area (Å²) in [6.45, 7) is 2.32. The minimum absolute atomic E-state index is 0.00253. The van der Waals surface area contributed by atoms with E-state index in [1.165, 1.54) is 23.9 Å². The Morgan fingerprint density at radius 1 is 1.24 bits per heavy atom. The summed E-state index contributed by atoms with van der Waals surface area (Å²) in [4.78, 5) is 31.4. The van der Waals surface area contributed by atoms with E-state index in [0.29, 0.717) is 18.0 Å². The first kappa shape index (κ1) is 19.6. The predicted octanol–water partition coefficient (Wildman–Crippen LogP) is 4.34. The Bertz CT molecular complexity index is 926. The first-order valence-corrected chi connectivity index (χ1v) is 11.0. The van der Waals surface area contributed by atoms with E-state index in [-0.39, 0.29) is 11.8 Å². The van der Waals surface area contributed by atoms with Gasteiger partial charge in [-0.3, -0.25) is 14.6 Å². The number of carbonyl (C=O) groups excluding carboxylic acids is 2. The van der Waals surface area contributed by atoms with E-state index in [1.807, 2.05) is 17.0 Å². The van der Waals surface area contributed by atoms with E-state index >= 15 is 0 Å². The average Bonchev–Trinajstić information content (AvgIpc) is 3.43. The summed E-state index contributed by atoms with van der Waals surface area (Å²) in [6.07, 6.45) is 11.9. The number of likely N-dealkylation sites (tertiary alicyclic amines) is 1. The number of unbranched alkanes of at least 4 members (excludes halogenated alkanes) is 1. The molecule has 3 aromatic heterocycles. The van der Waals surface area contributed by atoms with E-state index in [2.05, 4.69) is 10.3 Å². The normalized spacial score (nSPS) is 15.0. The molecule has 0 spiro atoms. The fraction of sp³-hybridized carbons (Fsp3) is 0.409. The minimum Gasteiger partial charge on any atom is -0.472 e. The summed E-state index contributed by atoms with van der Waals surface area (Å²) in [5.74, 6) is 0.725. The molecule has 1 aliphatic rings. The van der Waals surface area contributed by atoms with Crippen LogP contribution in [0, 0.1) is 5.92 Å². The van der Waals surface area contributed by atoms with Crippen LogP contribution in [0.4, 0.5) is 0 Å². The van der Waals surface area contributed by atoms with Crippen molar-refractivity contribution >= 4 is 33.2 Å². The van der Waals surface area contributed by atoms with Crippen LogP contribution in [0.2, 0.25) is 0 Å². The lowest BCUT2D eigenvalue weighted by molar-refractivity contribution is 0.0685. The maximum Gasteiger partial charge on any atom is 0.261 e. The number of amides is 2. The van der Waals surface area contributed by atoms with E-state index in [4.69, 9.17) is 4.42 Å². The lowest BCUT2D eigenvalue weighted by Gasteiger charge is -2.31. The van der Waals surface area contributed by atoms with Crippen LogP contribution in [0.25, 0.3) is 10.1 Å². The third kappa shape index (κ3) is 4.85. The Balaban J connectivity index is 1.12. The van der Waals surface area contributed by atoms with Crippen molar-refractivity contribution in [2.45, 2.75) is 32.1 Å². The van der Waals surface area contributed by atoms with Gasteiger partial charge < -0.3 is 14.6 Å². The SMILES string of the molecule is O=C(NCCCCC1CCN(C(=O)c2ccoc2)CC1)c1cc2ccncc2s1. The molecule has 152 valence electrons. The molecule has 29 heavy (non-hydrogen) atoms. The molecule has 4 rings (SSSR count). The number of thiophene rings is 1. The van der Waals surface area contributed by atoms with Crippen molar-refractivity contribution in [3.8, 4) is 0 Å². The van der Waals surface area contributed by atoms with Gasteiger partial charge in [-0.15, -0.1) is 11.3 Å². The number of pyridine rings is 1. The first-order chi connectivity index (χ1) is 14.2. The third-order valence-corrected chi connectivity index (χ3v) is 6.63. The minimum atomic E-state index is -0.00253. The van der Waals surface area contributed by atoms with Gasteiger partial charge in [-0.1, -0.05) is 12.8 Å². The van der Waals surface area contributed by atoms with Crippen molar-refractivity contribution in [2.24, 2.45) is 5.92 Å². The number of nitrogens with zero attached hydrogens (tertiary/aromatic N) is 2. The Hall–Kier alpha value is -2.67. The number of aromatic nitrogens is 1. The van der Waals surface area contributed by atoms with E-state index in [1.54, 1.807) is 18.5 Å². The van der Waals surface area contributed by atoms with Crippen LogP contribution >= 0.6 is 11.3 Å². The number of piperidine rings is 1. The van der Waals surface area contributed by atoms with Gasteiger partial charge in [0.15, 0.2) is 0 Å². The van der Waals surface area contributed by atoms with E-state index < -0.39 is 0 Å². The highest BCUT2D eigenvalue weighted by Crippen LogP contribution is 2.25. The lowest BCUT2D eigenvalue weighted by Crippen LogP contribution is -2.38. The van der Waals surface area contributed by atoms with Gasteiger partial charge in [0.2, 0.25) is 0 Å². The van der Waals surface area contributed by atoms with Crippen LogP contribution in [0.3, 0.4) is 0 Å². The molecule has 3 aromatic rings. The van der Waals surface area contributed by atoms with E-state index in [0.717, 1.165) is 60.2 Å². The zero-order valence-corrected chi connectivity index (χ0v) is 17.1. The number of rotatable bonds is 7. The van der Waals surface area contributed by atoms with Crippen LogP contribution in [0.15, 0.2) is 47.5 Å². The van der Waals surface area contributed by atoms with Crippen molar-refractivity contribution in [3.05, 3.63) is 53.6 Å². The second-order valence-corrected chi connectivity index (χ2v) is 8.61. The first-order valence-electron chi connectivity index (χ1n) is 10.1. The molecule has 0 radical (unpaired) electrons. The van der Waals surface area contributed by atoms with Crippen molar-refractivity contribution < 1.29 is 14.0 Å². The Kier molecular flexibility index (Phi) is 6.24. The van der Waals surface area contributed by atoms with Gasteiger partial charge in [0.25, 0.3) is 11.8 Å². The second-order valence-electron chi connectivity index (χ2n) is 7.52. The quantitative estimate of drug-likeness (QED) is 0.587. The van der Waals surface area contributed by atoms with Gasteiger partial charge >= 0.3 is 0 Å². The number of fused-ring (bicyclic) bond motifs is 1. The summed E-state index contributed by atoms with van der Waals surface area (Å²) in [5, 5.41) is 4.09. The highest BCUT2D eigenvalue weighted by atomic mass is 32.1. The van der Waals surface area contributed by atoms with Crippen LogP contribution in [0.5, 0.6) is 0 Å². The molecule has 0 bridgehead atoms. The molecule has 0 aliphatic carbocycles. The number of hydrogen-bond donors (Lipinski definition) is 1. The van der Waals surface area contributed by atoms with Gasteiger partial charge in [-0.25, -0.2) is 0 Å². The molecule has 2 amide bonds. The second kappa shape index (κ2) is 9.22. The summed E-state index contributed by atoms with van der Waals surface area (Å²) in [5.41, 5.74) is 0.633. The molecule has 0 aromatic carbocycles. The molecule has 7 heteroatoms. The Morgan fingerprint density at radius 3 is 2.86 bits per heavy atom. The predicted molar refractivity (Wildman–Crippen MR) is 113 cm³/mol. The highest BCUT2D eigenvalue weighted by Gasteiger charge is 2.23. The van der Waals surface area contributed by atoms with E-state index in [9.17, 15) is 9.59 Å². The van der Waals surface area contributed by atoms with Crippen molar-refractivity contribution in [3.63, 3.8) is 0 Å². The zero-order valence-electron chi connectivity index (χ0n) is 16.3. The molecule has 1 fully saturated rings. The average molecular weight is 412 g/mol. The molecule has 0 atom stereocenters. The van der Waals surface area contributed by atoms with Crippen LogP contribution < -0.4 is 5.32 Å². The molecule has 1 aliphatic heterocycles. The maximum absolute atomic E-state index is 12.3. The summed E-state index contributed by atoms with van der Waals surface area (Å²) in [6, 6.07) is 5.57. The topological polar surface area (TPSA) is 75.4 Å². The summed E-state index contributed by atoms with van der Waals surface area (Å²) < 4.78 is 6.04. The van der Waals surface area contributed by atoms with Crippen LogP contribution in [-0.4, -0.2) is 41.3 Å². The van der Waals surface area contributed by atoms with Gasteiger partial charge in [-0.05, 0) is 48.8 Å². The van der Waals surface area contributed by atoms with Crippen molar-refractivity contribution in [1.82, 2.24) is 15.2 Å². The fourth-order valence-corrected chi connectivity index (χ4v) is 4.78. The smallest absolute Gasteiger partial charge is 0.261 e. The molecule has 0 unspecified atom stereocenters. The van der Waals surface area contributed by atoms with Crippen molar-refractivity contribution in [1.29, 1.82) is 0 Å². The zero-order chi connectivity index (χ0) is 20.1. The lowest BCUT2D eigenvalue weighted by atomic mass is 9.91. The van der Waals surface area contributed by atoms with Crippen molar-refractivity contribution in [2.75, 3.05) is 19.6 Å². The molecule has 1 N–H and O–H groups in total. The van der Waals surface area contributed by atoms with Crippen LogP contribution in [-0.2, 0) is 0 Å².